The second-order valence-electron chi connectivity index (χ2n) is 4.35. The average molecular weight is 282 g/mol. The molecule has 1 aromatic rings. The average Bonchev–Trinajstić information content (AvgIpc) is 3.22. The van der Waals surface area contributed by atoms with Crippen molar-refractivity contribution in [3.63, 3.8) is 0 Å². The molecule has 8 heteroatoms. The number of anilines is 1. The Balaban J connectivity index is 1.91. The van der Waals surface area contributed by atoms with Crippen molar-refractivity contribution < 1.29 is 23.6 Å². The van der Waals surface area contributed by atoms with Gasteiger partial charge in [-0.2, -0.15) is 4.39 Å². The number of carbonyl (C=O) groups excluding carboxylic acids is 2. The largest absolute Gasteiger partial charge is 0.455 e. The normalized spacial score (nSPS) is 13.7. The van der Waals surface area contributed by atoms with Gasteiger partial charge in [0, 0.05) is 11.8 Å². The Hall–Kier alpha value is -2.51. The van der Waals surface area contributed by atoms with Crippen LogP contribution < -0.4 is 5.32 Å². The fraction of sp³-hybridized carbons (Fsp3) is 0.333. The third-order valence-electron chi connectivity index (χ3n) is 2.68. The molecule has 20 heavy (non-hydrogen) atoms. The lowest BCUT2D eigenvalue weighted by Crippen LogP contribution is -2.21. The topological polar surface area (TPSA) is 98.5 Å². The van der Waals surface area contributed by atoms with E-state index in [-0.39, 0.29) is 11.6 Å². The van der Waals surface area contributed by atoms with Gasteiger partial charge in [-0.05, 0) is 25.0 Å². The van der Waals surface area contributed by atoms with Gasteiger partial charge in [-0.25, -0.2) is 0 Å². The number of nitro benzene ring substituents is 1. The van der Waals surface area contributed by atoms with Crippen molar-refractivity contribution in [3.8, 4) is 0 Å². The van der Waals surface area contributed by atoms with Gasteiger partial charge in [0.25, 0.3) is 5.91 Å². The molecular formula is C12H11FN2O5. The number of nitro groups is 1. The van der Waals surface area contributed by atoms with Crippen molar-refractivity contribution in [2.24, 2.45) is 5.92 Å². The summed E-state index contributed by atoms with van der Waals surface area (Å²) in [5.41, 5.74) is -0.677. The van der Waals surface area contributed by atoms with Gasteiger partial charge in [-0.3, -0.25) is 19.7 Å². The van der Waals surface area contributed by atoms with Crippen LogP contribution in [-0.2, 0) is 14.3 Å². The Kier molecular flexibility index (Phi) is 3.92. The van der Waals surface area contributed by atoms with Crippen LogP contribution in [0.25, 0.3) is 0 Å². The summed E-state index contributed by atoms with van der Waals surface area (Å²) in [4.78, 5) is 32.3. The summed E-state index contributed by atoms with van der Waals surface area (Å²) in [6.07, 6.45) is 1.54. The van der Waals surface area contributed by atoms with Gasteiger partial charge >= 0.3 is 11.7 Å². The SMILES string of the molecule is O=C(COC(=O)C1CC1)Nc1ccc(F)c([N+](=O)[O-])c1. The van der Waals surface area contributed by atoms with E-state index >= 15 is 0 Å². The molecule has 0 heterocycles. The fourth-order valence-electron chi connectivity index (χ4n) is 1.50. The summed E-state index contributed by atoms with van der Waals surface area (Å²) in [6.45, 7) is -0.472. The Morgan fingerprint density at radius 2 is 2.15 bits per heavy atom. The summed E-state index contributed by atoms with van der Waals surface area (Å²) in [6, 6.07) is 2.96. The van der Waals surface area contributed by atoms with Crippen molar-refractivity contribution >= 4 is 23.3 Å². The maximum absolute atomic E-state index is 13.1. The standard InChI is InChI=1S/C12H11FN2O5/c13-9-4-3-8(5-10(9)15(18)19)14-11(16)6-20-12(17)7-1-2-7/h3-5,7H,1-2,6H2,(H,14,16). The summed E-state index contributed by atoms with van der Waals surface area (Å²) < 4.78 is 17.8. The van der Waals surface area contributed by atoms with E-state index in [0.717, 1.165) is 25.0 Å². The lowest BCUT2D eigenvalue weighted by Gasteiger charge is -2.06. The maximum Gasteiger partial charge on any atom is 0.309 e. The van der Waals surface area contributed by atoms with Crippen molar-refractivity contribution in [1.82, 2.24) is 0 Å². The smallest absolute Gasteiger partial charge is 0.309 e. The minimum atomic E-state index is -0.992. The lowest BCUT2D eigenvalue weighted by molar-refractivity contribution is -0.387. The number of amides is 1. The molecule has 0 atom stereocenters. The van der Waals surface area contributed by atoms with Crippen LogP contribution in [-0.4, -0.2) is 23.4 Å². The Bertz CT molecular complexity index is 571. The van der Waals surface area contributed by atoms with E-state index in [2.05, 4.69) is 5.32 Å². The van der Waals surface area contributed by atoms with E-state index in [4.69, 9.17) is 4.74 Å². The number of hydrogen-bond donors (Lipinski definition) is 1. The highest BCUT2D eigenvalue weighted by molar-refractivity contribution is 5.93. The molecule has 0 saturated heterocycles. The van der Waals surface area contributed by atoms with Crippen molar-refractivity contribution in [1.29, 1.82) is 0 Å². The third kappa shape index (κ3) is 3.50. The van der Waals surface area contributed by atoms with Crippen LogP contribution in [0.2, 0.25) is 0 Å². The molecule has 0 unspecified atom stereocenters. The summed E-state index contributed by atoms with van der Waals surface area (Å²) in [5.74, 6) is -2.17. The number of ether oxygens (including phenoxy) is 1. The zero-order valence-electron chi connectivity index (χ0n) is 10.3. The Morgan fingerprint density at radius 1 is 1.45 bits per heavy atom. The zero-order valence-corrected chi connectivity index (χ0v) is 10.3. The highest BCUT2D eigenvalue weighted by atomic mass is 19.1. The van der Waals surface area contributed by atoms with Crippen molar-refractivity contribution in [3.05, 3.63) is 34.1 Å². The number of carbonyl (C=O) groups is 2. The van der Waals surface area contributed by atoms with Crippen LogP contribution in [0.4, 0.5) is 15.8 Å². The minimum absolute atomic E-state index is 0.0607. The highest BCUT2D eigenvalue weighted by Gasteiger charge is 2.31. The van der Waals surface area contributed by atoms with E-state index in [0.29, 0.717) is 0 Å². The van der Waals surface area contributed by atoms with E-state index in [9.17, 15) is 24.1 Å². The van der Waals surface area contributed by atoms with Crippen LogP contribution in [0.1, 0.15) is 12.8 Å². The quantitative estimate of drug-likeness (QED) is 0.502. The van der Waals surface area contributed by atoms with Gasteiger partial charge in [0.2, 0.25) is 5.82 Å². The molecule has 1 aliphatic rings. The molecule has 0 aromatic heterocycles. The molecule has 0 spiro atoms. The number of halogens is 1. The molecule has 1 N–H and O–H groups in total. The van der Waals surface area contributed by atoms with Crippen LogP contribution in [0.3, 0.4) is 0 Å². The lowest BCUT2D eigenvalue weighted by atomic mass is 10.2. The molecule has 2 rings (SSSR count). The number of nitrogens with zero attached hydrogens (tertiary/aromatic N) is 1. The van der Waals surface area contributed by atoms with Gasteiger partial charge < -0.3 is 10.1 Å². The molecule has 1 aliphatic carbocycles. The summed E-state index contributed by atoms with van der Waals surface area (Å²) in [5, 5.41) is 12.8. The minimum Gasteiger partial charge on any atom is -0.455 e. The molecule has 106 valence electrons. The highest BCUT2D eigenvalue weighted by Crippen LogP contribution is 2.30. The van der Waals surface area contributed by atoms with Crippen LogP contribution >= 0.6 is 0 Å². The molecule has 1 amide bonds. The van der Waals surface area contributed by atoms with Gasteiger partial charge in [-0.15, -0.1) is 0 Å². The van der Waals surface area contributed by atoms with Crippen molar-refractivity contribution in [2.75, 3.05) is 11.9 Å². The van der Waals surface area contributed by atoms with Crippen LogP contribution in [0, 0.1) is 21.8 Å². The van der Waals surface area contributed by atoms with Gasteiger partial charge in [0.05, 0.1) is 10.8 Å². The first kappa shape index (κ1) is 13.9. The summed E-state index contributed by atoms with van der Waals surface area (Å²) >= 11 is 0. The van der Waals surface area contributed by atoms with E-state index in [1.807, 2.05) is 0 Å². The van der Waals surface area contributed by atoms with Gasteiger partial charge in [0.1, 0.15) is 0 Å². The van der Waals surface area contributed by atoms with E-state index in [1.54, 1.807) is 0 Å². The van der Waals surface area contributed by atoms with Gasteiger partial charge in [-0.1, -0.05) is 0 Å². The molecular weight excluding hydrogens is 271 g/mol. The molecule has 1 saturated carbocycles. The number of hydrogen-bond acceptors (Lipinski definition) is 5. The van der Waals surface area contributed by atoms with E-state index in [1.165, 1.54) is 6.07 Å². The fourth-order valence-corrected chi connectivity index (χ4v) is 1.50. The second-order valence-corrected chi connectivity index (χ2v) is 4.35. The van der Waals surface area contributed by atoms with Crippen LogP contribution in [0.15, 0.2) is 18.2 Å². The maximum atomic E-state index is 13.1. The van der Waals surface area contributed by atoms with Crippen molar-refractivity contribution in [2.45, 2.75) is 12.8 Å². The molecule has 1 aromatic carbocycles. The summed E-state index contributed by atoms with van der Waals surface area (Å²) in [7, 11) is 0. The monoisotopic (exact) mass is 282 g/mol. The van der Waals surface area contributed by atoms with E-state index < -0.39 is 34.9 Å². The number of rotatable bonds is 5. The molecule has 0 aliphatic heterocycles. The Morgan fingerprint density at radius 3 is 2.75 bits per heavy atom. The third-order valence-corrected chi connectivity index (χ3v) is 2.68. The second kappa shape index (κ2) is 5.64. The first-order chi connectivity index (χ1) is 9.47. The molecule has 0 bridgehead atoms. The number of benzene rings is 1. The molecule has 1 fully saturated rings. The Labute approximate surface area is 112 Å². The first-order valence-corrected chi connectivity index (χ1v) is 5.88. The molecule has 7 nitrogen and oxygen atoms in total. The predicted octanol–water partition coefficient (Wildman–Crippen LogP) is 1.63. The number of nitrogens with one attached hydrogen (secondary N) is 1. The first-order valence-electron chi connectivity index (χ1n) is 5.88. The van der Waals surface area contributed by atoms with Gasteiger partial charge in [0.15, 0.2) is 6.61 Å². The number of esters is 1. The molecule has 0 radical (unpaired) electrons. The predicted molar refractivity (Wildman–Crippen MR) is 65.4 cm³/mol. The van der Waals surface area contributed by atoms with Crippen LogP contribution in [0.5, 0.6) is 0 Å². The zero-order chi connectivity index (χ0) is 14.7.